The van der Waals surface area contributed by atoms with Crippen molar-refractivity contribution in [2.45, 2.75) is 102 Å². The van der Waals surface area contributed by atoms with Crippen molar-refractivity contribution < 1.29 is 48.2 Å². The Hall–Kier alpha value is -4.01. The van der Waals surface area contributed by atoms with Crippen molar-refractivity contribution in [3.05, 3.63) is 144 Å². The zero-order chi connectivity index (χ0) is 37.0. The van der Waals surface area contributed by atoms with Crippen LogP contribution in [0.1, 0.15) is 36.1 Å². The number of hydrogen-bond acceptors (Lipinski definition) is 10. The molecule has 3 N–H and O–H groups in total. The van der Waals surface area contributed by atoms with Gasteiger partial charge in [-0.15, -0.1) is 0 Å². The highest BCUT2D eigenvalue weighted by atomic mass is 16.7. The molecule has 2 fully saturated rings. The van der Waals surface area contributed by atoms with Crippen molar-refractivity contribution >= 4 is 5.91 Å². The molecular weight excluding hydrogens is 678 g/mol. The van der Waals surface area contributed by atoms with Gasteiger partial charge in [0.15, 0.2) is 12.6 Å². The zero-order valence-corrected chi connectivity index (χ0v) is 30.0. The van der Waals surface area contributed by atoms with Gasteiger partial charge < -0.3 is 48.7 Å². The molecule has 0 spiro atoms. The molecule has 6 rings (SSSR count). The molecular formula is C42H49NO10. The van der Waals surface area contributed by atoms with Crippen LogP contribution in [0.3, 0.4) is 0 Å². The Morgan fingerprint density at radius 2 is 1.00 bits per heavy atom. The lowest BCUT2D eigenvalue weighted by atomic mass is 9.95. The number of aliphatic hydroxyl groups is 2. The third kappa shape index (κ3) is 10.8. The summed E-state index contributed by atoms with van der Waals surface area (Å²) in [7, 11) is 0. The van der Waals surface area contributed by atoms with Crippen LogP contribution in [-0.2, 0) is 64.4 Å². The second kappa shape index (κ2) is 19.4. The van der Waals surface area contributed by atoms with Crippen molar-refractivity contribution in [3.63, 3.8) is 0 Å². The number of aliphatic hydroxyl groups excluding tert-OH is 2. The van der Waals surface area contributed by atoms with E-state index in [1.165, 1.54) is 6.92 Å². The van der Waals surface area contributed by atoms with E-state index in [9.17, 15) is 15.0 Å². The first-order valence-electron chi connectivity index (χ1n) is 18.0. The van der Waals surface area contributed by atoms with Crippen molar-refractivity contribution in [1.82, 2.24) is 5.32 Å². The Balaban J connectivity index is 1.20. The molecule has 0 unspecified atom stereocenters. The third-order valence-corrected chi connectivity index (χ3v) is 9.35. The van der Waals surface area contributed by atoms with Gasteiger partial charge in [-0.05, 0) is 29.2 Å². The molecule has 11 heteroatoms. The normalized spacial score (nSPS) is 28.7. The summed E-state index contributed by atoms with van der Waals surface area (Å²) < 4.78 is 44.2. The first kappa shape index (κ1) is 38.7. The molecule has 2 heterocycles. The predicted molar refractivity (Wildman–Crippen MR) is 195 cm³/mol. The van der Waals surface area contributed by atoms with Crippen molar-refractivity contribution in [1.29, 1.82) is 0 Å². The van der Waals surface area contributed by atoms with E-state index in [1.54, 1.807) is 0 Å². The molecule has 2 saturated heterocycles. The first-order valence-corrected chi connectivity index (χ1v) is 18.0. The fourth-order valence-electron chi connectivity index (χ4n) is 6.65. The van der Waals surface area contributed by atoms with E-state index in [0.717, 1.165) is 22.3 Å². The van der Waals surface area contributed by atoms with Crippen LogP contribution in [0.4, 0.5) is 0 Å². The van der Waals surface area contributed by atoms with Crippen LogP contribution in [-0.4, -0.2) is 84.1 Å². The largest absolute Gasteiger partial charge is 0.385 e. The Kier molecular flexibility index (Phi) is 14.1. The van der Waals surface area contributed by atoms with Gasteiger partial charge in [0.2, 0.25) is 5.91 Å². The number of amides is 1. The Labute approximate surface area is 310 Å². The summed E-state index contributed by atoms with van der Waals surface area (Å²) in [6.07, 6.45) is -8.31. The van der Waals surface area contributed by atoms with Gasteiger partial charge in [-0.1, -0.05) is 121 Å². The van der Waals surface area contributed by atoms with E-state index in [-0.39, 0.29) is 32.3 Å². The van der Waals surface area contributed by atoms with Gasteiger partial charge in [0.05, 0.1) is 39.1 Å². The highest BCUT2D eigenvalue weighted by molar-refractivity contribution is 5.73. The average molecular weight is 728 g/mol. The predicted octanol–water partition coefficient (Wildman–Crippen LogP) is 4.67. The lowest BCUT2D eigenvalue weighted by molar-refractivity contribution is -0.327. The molecule has 0 radical (unpaired) electrons. The second-order valence-electron chi connectivity index (χ2n) is 13.4. The highest BCUT2D eigenvalue weighted by Crippen LogP contribution is 2.31. The number of carbonyl (C=O) groups excluding carboxylic acids is 1. The number of carbonyl (C=O) groups is 1. The van der Waals surface area contributed by atoms with Gasteiger partial charge in [0.25, 0.3) is 0 Å². The molecule has 0 aromatic heterocycles. The number of nitrogens with one attached hydrogen (secondary N) is 1. The summed E-state index contributed by atoms with van der Waals surface area (Å²) in [5.74, 6) is -0.360. The molecule has 1 amide bonds. The number of ether oxygens (including phenoxy) is 7. The molecule has 2 aliphatic rings. The summed E-state index contributed by atoms with van der Waals surface area (Å²) in [5.41, 5.74) is 3.74. The van der Waals surface area contributed by atoms with E-state index in [0.29, 0.717) is 6.61 Å². The molecule has 282 valence electrons. The molecule has 10 atom stereocenters. The molecule has 2 aliphatic heterocycles. The molecule has 11 nitrogen and oxygen atoms in total. The summed E-state index contributed by atoms with van der Waals surface area (Å²) in [4.78, 5) is 12.3. The van der Waals surface area contributed by atoms with E-state index < -0.39 is 61.3 Å². The summed E-state index contributed by atoms with van der Waals surface area (Å²) in [6, 6.07) is 37.8. The molecule has 0 aliphatic carbocycles. The third-order valence-electron chi connectivity index (χ3n) is 9.35. The molecule has 53 heavy (non-hydrogen) atoms. The minimum absolute atomic E-state index is 0.149. The van der Waals surface area contributed by atoms with Crippen molar-refractivity contribution in [2.75, 3.05) is 6.61 Å². The van der Waals surface area contributed by atoms with E-state index in [2.05, 4.69) is 5.32 Å². The number of hydrogen-bond donors (Lipinski definition) is 3. The van der Waals surface area contributed by atoms with Crippen LogP contribution in [0.5, 0.6) is 0 Å². The smallest absolute Gasteiger partial charge is 0.217 e. The fraction of sp³-hybridized carbons (Fsp3) is 0.405. The summed E-state index contributed by atoms with van der Waals surface area (Å²) in [6.45, 7) is 4.02. The van der Waals surface area contributed by atoms with Gasteiger partial charge in [-0.2, -0.15) is 0 Å². The standard InChI is InChI=1S/C42H49NO10/c1-28-37(47-23-30-15-7-3-8-16-30)40(50-26-33-21-13-6-14-22-33)36(45)42(52-28)51-27-34-38(48-24-31-17-9-4-10-18-31)39(35(41(46)53-34)43-29(2)44)49-25-32-19-11-5-12-20-32/h3-22,28,34-42,45-46H,23-27H2,1-2H3,(H,43,44)/t28-,34+,35+,36+,37-,38+,39+,40-,41-,42+/m0/s1. The quantitative estimate of drug-likeness (QED) is 0.150. The lowest BCUT2D eigenvalue weighted by Gasteiger charge is -2.46. The van der Waals surface area contributed by atoms with Gasteiger partial charge >= 0.3 is 0 Å². The van der Waals surface area contributed by atoms with Crippen molar-refractivity contribution in [3.8, 4) is 0 Å². The second-order valence-corrected chi connectivity index (χ2v) is 13.4. The van der Waals surface area contributed by atoms with Crippen molar-refractivity contribution in [2.24, 2.45) is 0 Å². The SMILES string of the molecule is CC(=O)N[C@@H]1[C@@H](OCc2ccccc2)[C@H](OCc2ccccc2)[C@@H](CO[C@@H]2O[C@@H](C)[C@H](OCc3ccccc3)[C@@H](OCc3ccccc3)[C@H]2O)O[C@@H]1O. The molecule has 4 aromatic rings. The lowest BCUT2D eigenvalue weighted by Crippen LogP contribution is -2.66. The monoisotopic (exact) mass is 727 g/mol. The average Bonchev–Trinajstić information content (AvgIpc) is 3.18. The highest BCUT2D eigenvalue weighted by Gasteiger charge is 2.50. The summed E-state index contributed by atoms with van der Waals surface area (Å²) >= 11 is 0. The molecule has 4 aromatic carbocycles. The Bertz CT molecular complexity index is 1650. The van der Waals surface area contributed by atoms with Gasteiger partial charge in [-0.3, -0.25) is 4.79 Å². The Morgan fingerprint density at radius 1 is 0.585 bits per heavy atom. The maximum Gasteiger partial charge on any atom is 0.217 e. The number of rotatable bonds is 16. The van der Waals surface area contributed by atoms with Crippen LogP contribution >= 0.6 is 0 Å². The van der Waals surface area contributed by atoms with E-state index in [1.807, 2.05) is 128 Å². The fourth-order valence-corrected chi connectivity index (χ4v) is 6.65. The first-order chi connectivity index (χ1) is 25.9. The van der Waals surface area contributed by atoms with Gasteiger partial charge in [0.1, 0.15) is 42.7 Å². The van der Waals surface area contributed by atoms with Gasteiger partial charge in [0, 0.05) is 6.92 Å². The maximum absolute atomic E-state index is 12.3. The van der Waals surface area contributed by atoms with E-state index in [4.69, 9.17) is 33.2 Å². The zero-order valence-electron chi connectivity index (χ0n) is 30.0. The minimum Gasteiger partial charge on any atom is -0.385 e. The summed E-state index contributed by atoms with van der Waals surface area (Å²) in [5, 5.41) is 25.8. The molecule has 0 saturated carbocycles. The van der Waals surface area contributed by atoms with Crippen LogP contribution in [0.15, 0.2) is 121 Å². The van der Waals surface area contributed by atoms with Gasteiger partial charge in [-0.25, -0.2) is 0 Å². The van der Waals surface area contributed by atoms with E-state index >= 15 is 0 Å². The Morgan fingerprint density at radius 3 is 1.45 bits per heavy atom. The maximum atomic E-state index is 12.3. The topological polar surface area (TPSA) is 134 Å². The van der Waals surface area contributed by atoms with Crippen LogP contribution < -0.4 is 5.32 Å². The van der Waals surface area contributed by atoms with Crippen LogP contribution in [0.25, 0.3) is 0 Å². The number of benzene rings is 4. The molecule has 0 bridgehead atoms. The van der Waals surface area contributed by atoms with Crippen LogP contribution in [0, 0.1) is 0 Å². The minimum atomic E-state index is -1.45. The van der Waals surface area contributed by atoms with Crippen LogP contribution in [0.2, 0.25) is 0 Å².